The van der Waals surface area contributed by atoms with Crippen molar-refractivity contribution in [3.05, 3.63) is 29.3 Å². The Morgan fingerprint density at radius 1 is 1.10 bits per heavy atom. The molecular formula is C16H20F2N2O. The lowest BCUT2D eigenvalue weighted by atomic mass is 9.78. The molecule has 0 radical (unpaired) electrons. The van der Waals surface area contributed by atoms with Crippen LogP contribution in [0, 0.1) is 17.6 Å². The van der Waals surface area contributed by atoms with Crippen molar-refractivity contribution in [2.45, 2.75) is 44.6 Å². The molecule has 3 rings (SSSR count). The van der Waals surface area contributed by atoms with Crippen molar-refractivity contribution in [1.29, 1.82) is 0 Å². The van der Waals surface area contributed by atoms with Gasteiger partial charge < -0.3 is 10.6 Å². The minimum atomic E-state index is -0.829. The number of fused-ring (bicyclic) bond motifs is 1. The highest BCUT2D eigenvalue weighted by molar-refractivity contribution is 5.95. The fourth-order valence-corrected chi connectivity index (χ4v) is 3.76. The van der Waals surface area contributed by atoms with Crippen LogP contribution < -0.4 is 5.73 Å². The van der Waals surface area contributed by atoms with Gasteiger partial charge in [0.2, 0.25) is 0 Å². The topological polar surface area (TPSA) is 46.3 Å². The first-order chi connectivity index (χ1) is 10.1. The molecule has 1 saturated heterocycles. The second-order valence-corrected chi connectivity index (χ2v) is 6.11. The number of hydrogen-bond donors (Lipinski definition) is 1. The summed E-state index contributed by atoms with van der Waals surface area (Å²) >= 11 is 0. The lowest BCUT2D eigenvalue weighted by Gasteiger charge is -2.44. The standard InChI is InChI=1S/C16H20F2N2O/c17-12-9-13(18)14(19)8-11(12)16(21)20-7-3-5-10-4-1-2-6-15(10)20/h8-10,15H,1-7,19H2/t10-,15-/m1/s1. The van der Waals surface area contributed by atoms with Crippen molar-refractivity contribution in [3.63, 3.8) is 0 Å². The van der Waals surface area contributed by atoms with Gasteiger partial charge in [-0.3, -0.25) is 4.79 Å². The van der Waals surface area contributed by atoms with Gasteiger partial charge in [-0.2, -0.15) is 0 Å². The molecule has 0 aromatic heterocycles. The quantitative estimate of drug-likeness (QED) is 0.807. The Morgan fingerprint density at radius 3 is 2.62 bits per heavy atom. The summed E-state index contributed by atoms with van der Waals surface area (Å²) in [5.41, 5.74) is 5.18. The second kappa shape index (κ2) is 5.62. The molecule has 1 aromatic rings. The molecular weight excluding hydrogens is 274 g/mol. The average molecular weight is 294 g/mol. The minimum Gasteiger partial charge on any atom is -0.396 e. The maximum Gasteiger partial charge on any atom is 0.257 e. The molecule has 1 aliphatic carbocycles. The number of carbonyl (C=O) groups excluding carboxylic acids is 1. The zero-order valence-corrected chi connectivity index (χ0v) is 11.9. The number of carbonyl (C=O) groups is 1. The number of hydrogen-bond acceptors (Lipinski definition) is 2. The molecule has 0 spiro atoms. The number of nitrogen functional groups attached to an aromatic ring is 1. The summed E-state index contributed by atoms with van der Waals surface area (Å²) in [7, 11) is 0. The van der Waals surface area contributed by atoms with Crippen molar-refractivity contribution >= 4 is 11.6 Å². The van der Waals surface area contributed by atoms with Crippen LogP contribution in [0.4, 0.5) is 14.5 Å². The van der Waals surface area contributed by atoms with E-state index in [1.54, 1.807) is 4.90 Å². The highest BCUT2D eigenvalue weighted by Gasteiger charge is 2.36. The number of likely N-dealkylation sites (tertiary alicyclic amines) is 1. The van der Waals surface area contributed by atoms with E-state index in [0.717, 1.165) is 38.2 Å². The number of halogens is 2. The molecule has 2 N–H and O–H groups in total. The Bertz CT molecular complexity index is 559. The molecule has 1 aromatic carbocycles. The van der Waals surface area contributed by atoms with Crippen LogP contribution >= 0.6 is 0 Å². The number of amides is 1. The molecule has 1 amide bonds. The van der Waals surface area contributed by atoms with E-state index in [2.05, 4.69) is 0 Å². The Morgan fingerprint density at radius 2 is 1.81 bits per heavy atom. The maximum atomic E-state index is 13.9. The zero-order chi connectivity index (χ0) is 15.0. The van der Waals surface area contributed by atoms with E-state index in [9.17, 15) is 13.6 Å². The highest BCUT2D eigenvalue weighted by Crippen LogP contribution is 2.36. The van der Waals surface area contributed by atoms with Gasteiger partial charge in [0.05, 0.1) is 11.3 Å². The van der Waals surface area contributed by atoms with Gasteiger partial charge in [-0.15, -0.1) is 0 Å². The lowest BCUT2D eigenvalue weighted by Crippen LogP contribution is -2.49. The van der Waals surface area contributed by atoms with Crippen molar-refractivity contribution in [2.24, 2.45) is 5.92 Å². The Labute approximate surface area is 123 Å². The van der Waals surface area contributed by atoms with Gasteiger partial charge in [0.1, 0.15) is 11.6 Å². The second-order valence-electron chi connectivity index (χ2n) is 6.11. The van der Waals surface area contributed by atoms with Crippen LogP contribution in [-0.2, 0) is 0 Å². The number of piperidine rings is 1. The van der Waals surface area contributed by atoms with Crippen LogP contribution in [0.1, 0.15) is 48.9 Å². The molecule has 2 aliphatic rings. The Balaban J connectivity index is 1.88. The molecule has 21 heavy (non-hydrogen) atoms. The normalized spacial score (nSPS) is 25.5. The van der Waals surface area contributed by atoms with Gasteiger partial charge in [-0.05, 0) is 37.7 Å². The van der Waals surface area contributed by atoms with E-state index >= 15 is 0 Å². The van der Waals surface area contributed by atoms with E-state index < -0.39 is 11.6 Å². The van der Waals surface area contributed by atoms with Crippen molar-refractivity contribution in [3.8, 4) is 0 Å². The molecule has 0 bridgehead atoms. The van der Waals surface area contributed by atoms with Crippen LogP contribution in [0.3, 0.4) is 0 Å². The monoisotopic (exact) mass is 294 g/mol. The molecule has 0 unspecified atom stereocenters. The SMILES string of the molecule is Nc1cc(C(=O)N2CCC[C@H]3CCCC[C@H]32)c(F)cc1F. The van der Waals surface area contributed by atoms with Gasteiger partial charge in [-0.25, -0.2) is 8.78 Å². The molecule has 2 fully saturated rings. The molecule has 1 heterocycles. The maximum absolute atomic E-state index is 13.9. The van der Waals surface area contributed by atoms with E-state index in [1.807, 2.05) is 0 Å². The molecule has 5 heteroatoms. The van der Waals surface area contributed by atoms with Crippen LogP contribution in [0.2, 0.25) is 0 Å². The Hall–Kier alpha value is -1.65. The lowest BCUT2D eigenvalue weighted by molar-refractivity contribution is 0.0386. The molecule has 1 aliphatic heterocycles. The third kappa shape index (κ3) is 2.61. The van der Waals surface area contributed by atoms with Crippen LogP contribution in [0.5, 0.6) is 0 Å². The first kappa shape index (κ1) is 14.3. The predicted octanol–water partition coefficient (Wildman–Crippen LogP) is 3.34. The van der Waals surface area contributed by atoms with E-state index in [1.165, 1.54) is 6.42 Å². The van der Waals surface area contributed by atoms with Gasteiger partial charge in [-0.1, -0.05) is 12.8 Å². The summed E-state index contributed by atoms with van der Waals surface area (Å²) in [6.45, 7) is 0.650. The Kier molecular flexibility index (Phi) is 3.83. The summed E-state index contributed by atoms with van der Waals surface area (Å²) in [6.07, 6.45) is 6.53. The number of anilines is 1. The zero-order valence-electron chi connectivity index (χ0n) is 11.9. The largest absolute Gasteiger partial charge is 0.396 e. The third-order valence-electron chi connectivity index (χ3n) is 4.82. The van der Waals surface area contributed by atoms with Crippen molar-refractivity contribution < 1.29 is 13.6 Å². The summed E-state index contributed by atoms with van der Waals surface area (Å²) in [5.74, 6) is -1.48. The summed E-state index contributed by atoms with van der Waals surface area (Å²) in [5, 5.41) is 0. The molecule has 114 valence electrons. The van der Waals surface area contributed by atoms with E-state index in [0.29, 0.717) is 18.5 Å². The van der Waals surface area contributed by atoms with E-state index in [4.69, 9.17) is 5.73 Å². The number of rotatable bonds is 1. The fraction of sp³-hybridized carbons (Fsp3) is 0.562. The van der Waals surface area contributed by atoms with Crippen LogP contribution in [0.25, 0.3) is 0 Å². The number of nitrogens with zero attached hydrogens (tertiary/aromatic N) is 1. The number of benzene rings is 1. The molecule has 3 nitrogen and oxygen atoms in total. The van der Waals surface area contributed by atoms with Crippen LogP contribution in [0.15, 0.2) is 12.1 Å². The molecule has 2 atom stereocenters. The van der Waals surface area contributed by atoms with Gasteiger partial charge in [0.15, 0.2) is 0 Å². The average Bonchev–Trinajstić information content (AvgIpc) is 2.49. The molecule has 1 saturated carbocycles. The summed E-state index contributed by atoms with van der Waals surface area (Å²) < 4.78 is 27.2. The first-order valence-electron chi connectivity index (χ1n) is 7.63. The van der Waals surface area contributed by atoms with E-state index in [-0.39, 0.29) is 23.2 Å². The first-order valence-corrected chi connectivity index (χ1v) is 7.63. The van der Waals surface area contributed by atoms with Gasteiger partial charge >= 0.3 is 0 Å². The minimum absolute atomic E-state index is 0.111. The number of nitrogens with two attached hydrogens (primary N) is 1. The summed E-state index contributed by atoms with van der Waals surface area (Å²) in [6, 6.07) is 2.02. The van der Waals surface area contributed by atoms with Crippen molar-refractivity contribution in [2.75, 3.05) is 12.3 Å². The smallest absolute Gasteiger partial charge is 0.257 e. The van der Waals surface area contributed by atoms with Crippen molar-refractivity contribution in [1.82, 2.24) is 4.90 Å². The predicted molar refractivity (Wildman–Crippen MR) is 76.8 cm³/mol. The van der Waals surface area contributed by atoms with Crippen LogP contribution in [-0.4, -0.2) is 23.4 Å². The fourth-order valence-electron chi connectivity index (χ4n) is 3.76. The highest BCUT2D eigenvalue weighted by atomic mass is 19.1. The van der Waals surface area contributed by atoms with Gasteiger partial charge in [0, 0.05) is 18.7 Å². The third-order valence-corrected chi connectivity index (χ3v) is 4.82. The summed E-state index contributed by atoms with van der Waals surface area (Å²) in [4.78, 5) is 14.4. The van der Waals surface area contributed by atoms with Gasteiger partial charge in [0.25, 0.3) is 5.91 Å².